The van der Waals surface area contributed by atoms with E-state index in [1.165, 1.54) is 0 Å². The molecule has 4 rings (SSSR count). The van der Waals surface area contributed by atoms with E-state index in [0.717, 1.165) is 17.0 Å². The van der Waals surface area contributed by atoms with Crippen molar-refractivity contribution in [1.82, 2.24) is 14.7 Å². The molecule has 1 saturated heterocycles. The maximum absolute atomic E-state index is 13.0. The summed E-state index contributed by atoms with van der Waals surface area (Å²) < 4.78 is 23.5. The van der Waals surface area contributed by atoms with Crippen molar-refractivity contribution in [3.8, 4) is 11.5 Å². The molecule has 0 aliphatic carbocycles. The van der Waals surface area contributed by atoms with E-state index in [0.29, 0.717) is 37.7 Å². The number of hydrogen-bond acceptors (Lipinski definition) is 6. The molecule has 8 nitrogen and oxygen atoms in total. The predicted molar refractivity (Wildman–Crippen MR) is 90.9 cm³/mol. The number of aromatic nitrogens is 2. The average Bonchev–Trinajstić information content (AvgIpc) is 3.36. The molecule has 1 aromatic heterocycles. The lowest BCUT2D eigenvalue weighted by Gasteiger charge is -2.24. The van der Waals surface area contributed by atoms with Gasteiger partial charge in [-0.3, -0.25) is 9.48 Å². The minimum absolute atomic E-state index is 0.162. The molecule has 2 aromatic rings. The molecule has 0 spiro atoms. The van der Waals surface area contributed by atoms with Gasteiger partial charge in [-0.05, 0) is 30.7 Å². The van der Waals surface area contributed by atoms with E-state index < -0.39 is 6.29 Å². The van der Waals surface area contributed by atoms with E-state index in [9.17, 15) is 4.79 Å². The molecule has 0 bridgehead atoms. The number of amides is 1. The minimum Gasteiger partial charge on any atom is -0.454 e. The molecule has 0 N–H and O–H groups in total. The zero-order valence-electron chi connectivity index (χ0n) is 14.8. The Morgan fingerprint density at radius 2 is 2.00 bits per heavy atom. The summed E-state index contributed by atoms with van der Waals surface area (Å²) in [5, 5.41) is 4.30. The van der Waals surface area contributed by atoms with Crippen LogP contribution in [0.5, 0.6) is 11.5 Å². The number of hydrogen-bond donors (Lipinski definition) is 0. The van der Waals surface area contributed by atoms with Crippen LogP contribution in [-0.2, 0) is 23.1 Å². The number of nitrogens with zero attached hydrogens (tertiary/aromatic N) is 3. The maximum atomic E-state index is 13.0. The normalized spacial score (nSPS) is 16.2. The van der Waals surface area contributed by atoms with Gasteiger partial charge in [0.05, 0.1) is 19.8 Å². The van der Waals surface area contributed by atoms with Crippen molar-refractivity contribution in [3.05, 3.63) is 41.2 Å². The smallest absolute Gasteiger partial charge is 0.274 e. The van der Waals surface area contributed by atoms with E-state index in [1.54, 1.807) is 15.6 Å². The van der Waals surface area contributed by atoms with E-state index in [-0.39, 0.29) is 12.7 Å². The first-order chi connectivity index (χ1) is 12.6. The van der Waals surface area contributed by atoms with E-state index in [1.807, 2.05) is 32.2 Å². The highest BCUT2D eigenvalue weighted by molar-refractivity contribution is 5.92. The molecular formula is C18H21N3O5. The van der Waals surface area contributed by atoms with Gasteiger partial charge < -0.3 is 23.8 Å². The zero-order chi connectivity index (χ0) is 18.1. The van der Waals surface area contributed by atoms with Crippen molar-refractivity contribution in [2.75, 3.05) is 26.6 Å². The number of rotatable bonds is 5. The fraction of sp³-hybridized carbons (Fsp3) is 0.444. The van der Waals surface area contributed by atoms with Crippen LogP contribution in [-0.4, -0.2) is 53.4 Å². The molecule has 8 heteroatoms. The van der Waals surface area contributed by atoms with Crippen molar-refractivity contribution < 1.29 is 23.7 Å². The highest BCUT2D eigenvalue weighted by Crippen LogP contribution is 2.33. The van der Waals surface area contributed by atoms with Gasteiger partial charge in [0, 0.05) is 19.3 Å². The van der Waals surface area contributed by atoms with Crippen LogP contribution in [0.25, 0.3) is 0 Å². The van der Waals surface area contributed by atoms with Gasteiger partial charge in [-0.2, -0.15) is 5.10 Å². The van der Waals surface area contributed by atoms with E-state index in [2.05, 4.69) is 5.10 Å². The second kappa shape index (κ2) is 6.97. The molecule has 2 aliphatic heterocycles. The molecule has 0 radical (unpaired) electrons. The Balaban J connectivity index is 1.56. The van der Waals surface area contributed by atoms with Gasteiger partial charge in [0.2, 0.25) is 6.79 Å². The largest absolute Gasteiger partial charge is 0.454 e. The number of fused-ring (bicyclic) bond motifs is 1. The molecule has 1 fully saturated rings. The Morgan fingerprint density at radius 3 is 2.73 bits per heavy atom. The number of carbonyl (C=O) groups is 1. The molecule has 1 aromatic carbocycles. The highest BCUT2D eigenvalue weighted by atomic mass is 16.7. The molecular weight excluding hydrogens is 338 g/mol. The number of aryl methyl sites for hydroxylation is 2. The van der Waals surface area contributed by atoms with Gasteiger partial charge in [0.1, 0.15) is 0 Å². The number of carbonyl (C=O) groups excluding carboxylic acids is 1. The topological polar surface area (TPSA) is 75.1 Å². The summed E-state index contributed by atoms with van der Waals surface area (Å²) in [7, 11) is 1.82. The van der Waals surface area contributed by atoms with Crippen molar-refractivity contribution in [2.45, 2.75) is 19.8 Å². The molecule has 26 heavy (non-hydrogen) atoms. The van der Waals surface area contributed by atoms with Crippen LogP contribution in [0.2, 0.25) is 0 Å². The Morgan fingerprint density at radius 1 is 1.23 bits per heavy atom. The van der Waals surface area contributed by atoms with E-state index in [4.69, 9.17) is 18.9 Å². The van der Waals surface area contributed by atoms with Gasteiger partial charge in [0.25, 0.3) is 5.91 Å². The highest BCUT2D eigenvalue weighted by Gasteiger charge is 2.26. The summed E-state index contributed by atoms with van der Waals surface area (Å²) in [6.45, 7) is 3.95. The minimum atomic E-state index is -0.419. The van der Waals surface area contributed by atoms with Crippen molar-refractivity contribution in [3.63, 3.8) is 0 Å². The summed E-state index contributed by atoms with van der Waals surface area (Å²) in [4.78, 5) is 14.7. The van der Waals surface area contributed by atoms with Crippen molar-refractivity contribution >= 4 is 5.91 Å². The standard InChI is InChI=1S/C18H21N3O5/c1-12-7-14(19-20(12)2)18(22)21(10-17-23-5-6-24-17)9-13-3-4-15-16(8-13)26-11-25-15/h3-4,7-8,17H,5-6,9-11H2,1-2H3. The SMILES string of the molecule is Cc1cc(C(=O)N(Cc2ccc3c(c2)OCO3)CC2OCCO2)nn1C. The third-order valence-corrected chi connectivity index (χ3v) is 4.49. The summed E-state index contributed by atoms with van der Waals surface area (Å²) in [6.07, 6.45) is -0.419. The molecule has 2 aliphatic rings. The monoisotopic (exact) mass is 359 g/mol. The van der Waals surface area contributed by atoms with Gasteiger partial charge in [-0.1, -0.05) is 6.07 Å². The first kappa shape index (κ1) is 16.9. The molecule has 3 heterocycles. The number of ether oxygens (including phenoxy) is 4. The summed E-state index contributed by atoms with van der Waals surface area (Å²) in [5.41, 5.74) is 2.27. The Bertz CT molecular complexity index is 794. The van der Waals surface area contributed by atoms with Crippen LogP contribution in [0.1, 0.15) is 21.7 Å². The van der Waals surface area contributed by atoms with Gasteiger partial charge in [0.15, 0.2) is 23.5 Å². The third kappa shape index (κ3) is 3.38. The van der Waals surface area contributed by atoms with Crippen molar-refractivity contribution in [1.29, 1.82) is 0 Å². The lowest BCUT2D eigenvalue weighted by Crippen LogP contribution is -2.37. The zero-order valence-corrected chi connectivity index (χ0v) is 14.8. The van der Waals surface area contributed by atoms with Crippen molar-refractivity contribution in [2.24, 2.45) is 7.05 Å². The fourth-order valence-electron chi connectivity index (χ4n) is 3.00. The summed E-state index contributed by atoms with van der Waals surface area (Å²) in [5.74, 6) is 1.25. The second-order valence-corrected chi connectivity index (χ2v) is 6.34. The van der Waals surface area contributed by atoms with Crippen LogP contribution in [0.3, 0.4) is 0 Å². The lowest BCUT2D eigenvalue weighted by molar-refractivity contribution is -0.0585. The van der Waals surface area contributed by atoms with Gasteiger partial charge in [-0.15, -0.1) is 0 Å². The summed E-state index contributed by atoms with van der Waals surface area (Å²) in [6, 6.07) is 7.45. The Hall–Kier alpha value is -2.58. The van der Waals surface area contributed by atoms with Crippen LogP contribution >= 0.6 is 0 Å². The van der Waals surface area contributed by atoms with Crippen LogP contribution in [0.4, 0.5) is 0 Å². The molecule has 138 valence electrons. The fourth-order valence-corrected chi connectivity index (χ4v) is 3.00. The second-order valence-electron chi connectivity index (χ2n) is 6.34. The molecule has 0 atom stereocenters. The first-order valence-electron chi connectivity index (χ1n) is 8.52. The molecule has 1 amide bonds. The summed E-state index contributed by atoms with van der Waals surface area (Å²) >= 11 is 0. The predicted octanol–water partition coefficient (Wildman–Crippen LogP) is 1.47. The van der Waals surface area contributed by atoms with Gasteiger partial charge >= 0.3 is 0 Å². The van der Waals surface area contributed by atoms with Gasteiger partial charge in [-0.25, -0.2) is 0 Å². The Kier molecular flexibility index (Phi) is 4.52. The first-order valence-corrected chi connectivity index (χ1v) is 8.52. The lowest BCUT2D eigenvalue weighted by atomic mass is 10.1. The molecule has 0 unspecified atom stereocenters. The van der Waals surface area contributed by atoms with Crippen LogP contribution in [0, 0.1) is 6.92 Å². The average molecular weight is 359 g/mol. The maximum Gasteiger partial charge on any atom is 0.274 e. The van der Waals surface area contributed by atoms with Crippen LogP contribution in [0.15, 0.2) is 24.3 Å². The van der Waals surface area contributed by atoms with Crippen LogP contribution < -0.4 is 9.47 Å². The Labute approximate surface area is 151 Å². The third-order valence-electron chi connectivity index (χ3n) is 4.49. The quantitative estimate of drug-likeness (QED) is 0.805. The number of benzene rings is 1. The molecule has 0 saturated carbocycles. The van der Waals surface area contributed by atoms with E-state index >= 15 is 0 Å².